The number of ketones is 1. The number of fused-ring (bicyclic) bond motifs is 1. The van der Waals surface area contributed by atoms with Gasteiger partial charge in [0.15, 0.2) is 11.5 Å². The summed E-state index contributed by atoms with van der Waals surface area (Å²) >= 11 is 0. The fourth-order valence-electron chi connectivity index (χ4n) is 7.42. The van der Waals surface area contributed by atoms with Gasteiger partial charge in [0.25, 0.3) is 0 Å². The van der Waals surface area contributed by atoms with Gasteiger partial charge in [0.05, 0.1) is 12.3 Å². The van der Waals surface area contributed by atoms with Gasteiger partial charge in [0, 0.05) is 49.9 Å². The van der Waals surface area contributed by atoms with Crippen molar-refractivity contribution in [2.75, 3.05) is 0 Å². The quantitative estimate of drug-likeness (QED) is 0.0981. The van der Waals surface area contributed by atoms with Crippen LogP contribution in [0, 0.1) is 29.9 Å². The minimum absolute atomic E-state index is 0. The van der Waals surface area contributed by atoms with E-state index in [1.54, 1.807) is 0 Å². The summed E-state index contributed by atoms with van der Waals surface area (Å²) in [6.45, 7) is 27.6. The number of aromatic nitrogens is 1. The molecule has 1 N–H and O–H groups in total. The molecule has 1 aliphatic rings. The van der Waals surface area contributed by atoms with E-state index in [1.807, 2.05) is 46.0 Å². The number of nitrogens with zero attached hydrogens (tertiary/aromatic N) is 2. The Bertz CT molecular complexity index is 1840. The molecule has 1 aromatic heterocycles. The van der Waals surface area contributed by atoms with Crippen molar-refractivity contribution in [3.8, 4) is 22.4 Å². The van der Waals surface area contributed by atoms with Crippen molar-refractivity contribution >= 4 is 22.2 Å². The molecule has 0 aliphatic heterocycles. The van der Waals surface area contributed by atoms with Gasteiger partial charge in [-0.25, -0.2) is 4.85 Å². The summed E-state index contributed by atoms with van der Waals surface area (Å²) in [6.07, 6.45) is 11.8. The van der Waals surface area contributed by atoms with Gasteiger partial charge in [-0.2, -0.15) is 0 Å². The topological polar surface area (TPSA) is 54.5 Å². The fraction of sp³-hybridized carbons (Fsp3) is 0.468. The third-order valence-corrected chi connectivity index (χ3v) is 11.0. The molecule has 0 bridgehead atoms. The van der Waals surface area contributed by atoms with Gasteiger partial charge >= 0.3 is 0 Å². The van der Waals surface area contributed by atoms with Gasteiger partial charge in [-0.05, 0) is 90.9 Å². The van der Waals surface area contributed by atoms with Gasteiger partial charge in [0.1, 0.15) is 0 Å². The average Bonchev–Trinajstić information content (AvgIpc) is 3.11. The molecule has 0 saturated heterocycles. The Kier molecular flexibility index (Phi) is 15.6. The standard InChI is InChI=1S/C34H35N2.C13H24O2.Ir/c1-33(2,3)30-22-27(21-26-9-7-8-10-28(26)30)31-32(35-6)29(17-20-36-31)25-13-11-23(12-14-25)24-15-18-34(4,5)19-16-24;1-5-10(6-2)12(14)9-13(15)11(7-3)8-4;/h7-14,17,20,22,24H,15-16,18-19H2,1-5H3;9-11,14H,5-8H2,1-4H3;/q-1;;/b;12-9-;. The summed E-state index contributed by atoms with van der Waals surface area (Å²) in [6, 6.07) is 25.0. The van der Waals surface area contributed by atoms with E-state index in [1.165, 1.54) is 48.3 Å². The Hall–Kier alpha value is -3.58. The summed E-state index contributed by atoms with van der Waals surface area (Å²) < 4.78 is 0. The van der Waals surface area contributed by atoms with Crippen LogP contribution in [0.2, 0.25) is 0 Å². The second-order valence-electron chi connectivity index (χ2n) is 16.1. The molecule has 0 atom stereocenters. The maximum atomic E-state index is 11.7. The number of allylic oxidation sites excluding steroid dienone is 2. The molecule has 0 amide bonds. The maximum absolute atomic E-state index is 11.7. The van der Waals surface area contributed by atoms with E-state index in [-0.39, 0.29) is 48.9 Å². The molecule has 1 saturated carbocycles. The number of benzene rings is 3. The molecule has 4 nitrogen and oxygen atoms in total. The Morgan fingerprint density at radius 1 is 0.962 bits per heavy atom. The third kappa shape index (κ3) is 10.5. The second-order valence-corrected chi connectivity index (χ2v) is 16.1. The number of pyridine rings is 1. The molecule has 5 heteroatoms. The van der Waals surface area contributed by atoms with Crippen molar-refractivity contribution in [3.05, 3.63) is 107 Å². The number of hydrogen-bond donors (Lipinski definition) is 1. The first-order chi connectivity index (χ1) is 24.3. The number of aliphatic hydroxyl groups is 1. The summed E-state index contributed by atoms with van der Waals surface area (Å²) in [5.41, 5.74) is 7.29. The van der Waals surface area contributed by atoms with Gasteiger partial charge in [-0.3, -0.25) is 4.79 Å². The van der Waals surface area contributed by atoms with Crippen molar-refractivity contribution in [2.24, 2.45) is 17.3 Å². The van der Waals surface area contributed by atoms with Crippen LogP contribution in [0.5, 0.6) is 0 Å². The Morgan fingerprint density at radius 3 is 2.12 bits per heavy atom. The van der Waals surface area contributed by atoms with Crippen LogP contribution in [-0.4, -0.2) is 15.9 Å². The molecule has 1 radical (unpaired) electrons. The van der Waals surface area contributed by atoms with Crippen molar-refractivity contribution in [1.29, 1.82) is 0 Å². The van der Waals surface area contributed by atoms with Gasteiger partial charge < -0.3 is 10.1 Å². The molecule has 4 aromatic rings. The van der Waals surface area contributed by atoms with Crippen molar-refractivity contribution < 1.29 is 30.0 Å². The van der Waals surface area contributed by atoms with E-state index in [0.717, 1.165) is 47.8 Å². The zero-order chi connectivity index (χ0) is 37.3. The SMILES string of the molecule is CCC(CC)C(=O)/C=C(\O)C(CC)CC.[C-]#[N+]c1c(-c2ccc(C3CCC(C)(C)CC3)cc2)ccnc1-c1[c-]c2ccccc2c(C(C)(C)C)c1.[Ir]. The molecule has 0 unspecified atom stereocenters. The van der Waals surface area contributed by atoms with E-state index >= 15 is 0 Å². The molecular weight excluding hydrogens is 817 g/mol. The van der Waals surface area contributed by atoms with E-state index in [9.17, 15) is 9.90 Å². The van der Waals surface area contributed by atoms with Crippen LogP contribution in [0.25, 0.3) is 38.0 Å². The zero-order valence-corrected chi connectivity index (χ0v) is 35.3. The monoisotopic (exact) mass is 876 g/mol. The van der Waals surface area contributed by atoms with Gasteiger partial charge in [-0.1, -0.05) is 110 Å². The molecule has 52 heavy (non-hydrogen) atoms. The van der Waals surface area contributed by atoms with Gasteiger partial charge in [0.2, 0.25) is 0 Å². The minimum Gasteiger partial charge on any atom is -0.512 e. The first kappa shape index (κ1) is 42.8. The molecule has 1 aliphatic carbocycles. The maximum Gasteiger partial charge on any atom is 0.188 e. The van der Waals surface area contributed by atoms with Crippen LogP contribution in [-0.2, 0) is 30.3 Å². The summed E-state index contributed by atoms with van der Waals surface area (Å²) in [5, 5.41) is 12.0. The normalized spacial score (nSPS) is 14.8. The predicted octanol–water partition coefficient (Wildman–Crippen LogP) is 13.8. The van der Waals surface area contributed by atoms with E-state index < -0.39 is 0 Å². The first-order valence-corrected chi connectivity index (χ1v) is 19.1. The summed E-state index contributed by atoms with van der Waals surface area (Å²) in [5.74, 6) is 1.19. The smallest absolute Gasteiger partial charge is 0.188 e. The summed E-state index contributed by atoms with van der Waals surface area (Å²) in [7, 11) is 0. The number of aliphatic hydroxyl groups excluding tert-OH is 1. The van der Waals surface area contributed by atoms with Crippen LogP contribution >= 0.6 is 0 Å². The Morgan fingerprint density at radius 2 is 1.56 bits per heavy atom. The second kappa shape index (κ2) is 19.0. The number of carbonyl (C=O) groups excluding carboxylic acids is 1. The van der Waals surface area contributed by atoms with Crippen LogP contribution in [0.4, 0.5) is 5.69 Å². The zero-order valence-electron chi connectivity index (χ0n) is 32.9. The van der Waals surface area contributed by atoms with Crippen molar-refractivity contribution in [3.63, 3.8) is 0 Å². The molecule has 1 fully saturated rings. The molecule has 1 heterocycles. The van der Waals surface area contributed by atoms with E-state index in [2.05, 4.69) is 94.1 Å². The molecule has 5 rings (SSSR count). The minimum atomic E-state index is -0.0382. The molecule has 0 spiro atoms. The van der Waals surface area contributed by atoms with Crippen LogP contribution in [0.1, 0.15) is 131 Å². The summed E-state index contributed by atoms with van der Waals surface area (Å²) in [4.78, 5) is 20.4. The first-order valence-electron chi connectivity index (χ1n) is 19.1. The number of hydrogen-bond acceptors (Lipinski definition) is 3. The number of carbonyl (C=O) groups is 1. The Labute approximate surface area is 327 Å². The van der Waals surface area contributed by atoms with Crippen LogP contribution < -0.4 is 0 Å². The van der Waals surface area contributed by atoms with Crippen molar-refractivity contribution in [2.45, 2.75) is 125 Å². The third-order valence-electron chi connectivity index (χ3n) is 11.0. The van der Waals surface area contributed by atoms with Gasteiger partial charge in [-0.15, -0.1) is 34.7 Å². The largest absolute Gasteiger partial charge is 0.512 e. The molecular formula is C47H59IrN2O2-. The average molecular weight is 876 g/mol. The predicted molar refractivity (Wildman–Crippen MR) is 215 cm³/mol. The van der Waals surface area contributed by atoms with Crippen molar-refractivity contribution in [1.82, 2.24) is 4.98 Å². The van der Waals surface area contributed by atoms with Crippen LogP contribution in [0.3, 0.4) is 0 Å². The van der Waals surface area contributed by atoms with E-state index in [0.29, 0.717) is 22.7 Å². The molecule has 279 valence electrons. The fourth-order valence-corrected chi connectivity index (χ4v) is 7.42. The van der Waals surface area contributed by atoms with Crippen LogP contribution in [0.15, 0.2) is 78.7 Å². The Balaban J connectivity index is 0.000000389. The van der Waals surface area contributed by atoms with E-state index in [4.69, 9.17) is 11.6 Å². The molecule has 3 aromatic carbocycles. The number of rotatable bonds is 10.